The van der Waals surface area contributed by atoms with Crippen LogP contribution in [0.2, 0.25) is 0 Å². The van der Waals surface area contributed by atoms with Gasteiger partial charge in [-0.25, -0.2) is 4.57 Å². The van der Waals surface area contributed by atoms with Crippen LogP contribution in [-0.4, -0.2) is 75.6 Å². The number of ether oxygens (including phenoxy) is 2. The topological polar surface area (TPSA) is 91.3 Å². The number of carbonyl (C=O) groups is 1. The minimum atomic E-state index is -4.27. The lowest BCUT2D eigenvalue weighted by atomic mass is 10.1. The number of hydrogen-bond donors (Lipinski definition) is 1. The molecule has 1 N–H and O–H groups in total. The molecule has 0 radical (unpaired) electrons. The average molecular weight is 743 g/mol. The van der Waals surface area contributed by atoms with E-state index in [2.05, 4.69) is 50.3 Å². The number of hydrogen-bond acceptors (Lipinski definition) is 6. The van der Waals surface area contributed by atoms with E-state index in [4.69, 9.17) is 18.5 Å². The first-order valence-electron chi connectivity index (χ1n) is 20.7. The molecule has 0 aromatic carbocycles. The fraction of sp³-hybridized carbons (Fsp3) is 0.833. The summed E-state index contributed by atoms with van der Waals surface area (Å²) in [6, 6.07) is 0. The highest BCUT2D eigenvalue weighted by Gasteiger charge is 2.26. The maximum atomic E-state index is 12.6. The summed E-state index contributed by atoms with van der Waals surface area (Å²) >= 11 is 0. The molecule has 0 aromatic rings. The van der Waals surface area contributed by atoms with Crippen molar-refractivity contribution in [2.45, 2.75) is 174 Å². The predicted octanol–water partition coefficient (Wildman–Crippen LogP) is 11.8. The number of likely N-dealkylation sites (N-methyl/N-ethyl adjacent to an activating group) is 1. The maximum Gasteiger partial charge on any atom is 0.472 e. The second-order valence-corrected chi connectivity index (χ2v) is 16.5. The van der Waals surface area contributed by atoms with E-state index in [9.17, 15) is 14.3 Å². The summed E-state index contributed by atoms with van der Waals surface area (Å²) in [6.45, 7) is 5.53. The first-order chi connectivity index (χ1) is 24.6. The average Bonchev–Trinajstić information content (AvgIpc) is 3.08. The van der Waals surface area contributed by atoms with Crippen molar-refractivity contribution in [3.05, 3.63) is 36.5 Å². The van der Waals surface area contributed by atoms with Gasteiger partial charge in [-0.1, -0.05) is 134 Å². The van der Waals surface area contributed by atoms with Crippen LogP contribution in [0.4, 0.5) is 0 Å². The van der Waals surface area contributed by atoms with Gasteiger partial charge in [-0.2, -0.15) is 0 Å². The molecule has 0 aliphatic rings. The summed E-state index contributed by atoms with van der Waals surface area (Å²) < 4.78 is 34.9. The lowest BCUT2D eigenvalue weighted by Crippen LogP contribution is -2.37. The molecule has 0 saturated heterocycles. The van der Waals surface area contributed by atoms with Gasteiger partial charge in [-0.05, 0) is 64.2 Å². The number of quaternary nitrogens is 1. The third kappa shape index (κ3) is 39.8. The van der Waals surface area contributed by atoms with Crippen molar-refractivity contribution in [2.24, 2.45) is 0 Å². The Labute approximate surface area is 315 Å². The van der Waals surface area contributed by atoms with Gasteiger partial charge in [0, 0.05) is 13.0 Å². The SMILES string of the molecule is CCCC/C=C\C/C=C\CCCCCCCCOCC(COP(=O)(O)OCC[N+](C)(C)C)OC(=O)CCCCCCC/C=C\CCCCCCC. The second-order valence-electron chi connectivity index (χ2n) is 15.0. The van der Waals surface area contributed by atoms with E-state index in [0.29, 0.717) is 24.1 Å². The molecular weight excluding hydrogens is 661 g/mol. The zero-order valence-corrected chi connectivity index (χ0v) is 34.7. The Morgan fingerprint density at radius 2 is 1.10 bits per heavy atom. The molecule has 51 heavy (non-hydrogen) atoms. The Hall–Kier alpha value is -1.28. The van der Waals surface area contributed by atoms with Crippen LogP contribution in [0.15, 0.2) is 36.5 Å². The van der Waals surface area contributed by atoms with Crippen molar-refractivity contribution >= 4 is 13.8 Å². The van der Waals surface area contributed by atoms with Crippen LogP contribution in [-0.2, 0) is 27.9 Å². The summed E-state index contributed by atoms with van der Waals surface area (Å²) in [7, 11) is 1.65. The van der Waals surface area contributed by atoms with Gasteiger partial charge in [-0.3, -0.25) is 13.8 Å². The van der Waals surface area contributed by atoms with E-state index >= 15 is 0 Å². The number of phosphoric ester groups is 1. The lowest BCUT2D eigenvalue weighted by Gasteiger charge is -2.24. The van der Waals surface area contributed by atoms with E-state index in [1.165, 1.54) is 89.9 Å². The Bertz CT molecular complexity index is 915. The van der Waals surface area contributed by atoms with Gasteiger partial charge >= 0.3 is 13.8 Å². The molecule has 0 fully saturated rings. The highest BCUT2D eigenvalue weighted by Crippen LogP contribution is 2.43. The molecule has 300 valence electrons. The Kier molecular flexibility index (Phi) is 34.8. The van der Waals surface area contributed by atoms with Gasteiger partial charge in [-0.15, -0.1) is 0 Å². The number of allylic oxidation sites excluding steroid dienone is 6. The van der Waals surface area contributed by atoms with Crippen LogP contribution in [0.1, 0.15) is 168 Å². The first kappa shape index (κ1) is 49.7. The zero-order chi connectivity index (χ0) is 37.7. The molecule has 2 atom stereocenters. The molecule has 9 heteroatoms. The number of carbonyl (C=O) groups excluding carboxylic acids is 1. The maximum absolute atomic E-state index is 12.6. The Balaban J connectivity index is 4.30. The van der Waals surface area contributed by atoms with E-state index in [1.54, 1.807) is 0 Å². The molecule has 0 heterocycles. The molecule has 0 bridgehead atoms. The number of esters is 1. The van der Waals surface area contributed by atoms with Gasteiger partial charge in [0.05, 0.1) is 34.4 Å². The molecule has 0 aromatic heterocycles. The van der Waals surface area contributed by atoms with Crippen molar-refractivity contribution in [1.82, 2.24) is 0 Å². The van der Waals surface area contributed by atoms with Crippen molar-refractivity contribution < 1.29 is 37.3 Å². The van der Waals surface area contributed by atoms with E-state index in [1.807, 2.05) is 21.1 Å². The highest BCUT2D eigenvalue weighted by atomic mass is 31.2. The summed E-state index contributed by atoms with van der Waals surface area (Å²) in [6.07, 6.45) is 40.2. The van der Waals surface area contributed by atoms with Gasteiger partial charge in [0.2, 0.25) is 0 Å². The summed E-state index contributed by atoms with van der Waals surface area (Å²) in [5, 5.41) is 0. The van der Waals surface area contributed by atoms with Crippen molar-refractivity contribution in [1.29, 1.82) is 0 Å². The van der Waals surface area contributed by atoms with Crippen LogP contribution in [0, 0.1) is 0 Å². The van der Waals surface area contributed by atoms with Crippen molar-refractivity contribution in [3.63, 3.8) is 0 Å². The highest BCUT2D eigenvalue weighted by molar-refractivity contribution is 7.47. The van der Waals surface area contributed by atoms with Crippen LogP contribution >= 0.6 is 7.82 Å². The summed E-state index contributed by atoms with van der Waals surface area (Å²) in [5.74, 6) is -0.328. The lowest BCUT2D eigenvalue weighted by molar-refractivity contribution is -0.870. The Morgan fingerprint density at radius 3 is 1.67 bits per heavy atom. The van der Waals surface area contributed by atoms with E-state index < -0.39 is 13.9 Å². The van der Waals surface area contributed by atoms with Gasteiger partial charge < -0.3 is 18.9 Å². The second kappa shape index (κ2) is 35.7. The monoisotopic (exact) mass is 743 g/mol. The van der Waals surface area contributed by atoms with Gasteiger partial charge in [0.25, 0.3) is 0 Å². The number of phosphoric acid groups is 1. The predicted molar refractivity (Wildman–Crippen MR) is 215 cm³/mol. The summed E-state index contributed by atoms with van der Waals surface area (Å²) in [5.41, 5.74) is 0. The zero-order valence-electron chi connectivity index (χ0n) is 33.8. The number of unbranched alkanes of at least 4 members (excludes halogenated alkanes) is 18. The van der Waals surface area contributed by atoms with Crippen LogP contribution < -0.4 is 0 Å². The molecule has 0 aliphatic heterocycles. The Morgan fingerprint density at radius 1 is 0.608 bits per heavy atom. The molecule has 0 rings (SSSR count). The normalized spacial score (nSPS) is 14.2. The summed E-state index contributed by atoms with van der Waals surface area (Å²) in [4.78, 5) is 22.8. The smallest absolute Gasteiger partial charge is 0.457 e. The van der Waals surface area contributed by atoms with Crippen LogP contribution in [0.5, 0.6) is 0 Å². The third-order valence-electron chi connectivity index (χ3n) is 8.67. The minimum Gasteiger partial charge on any atom is -0.457 e. The largest absolute Gasteiger partial charge is 0.472 e. The first-order valence-corrected chi connectivity index (χ1v) is 22.2. The standard InChI is InChI=1S/C42H80NO7P/c1-6-8-10-12-14-16-18-20-22-24-26-28-30-32-34-37-47-39-41(40-49-51(45,46)48-38-36-43(3,4)5)50-42(44)35-33-31-29-27-25-23-21-19-17-15-13-11-9-7-2/h12,14,18-21,41H,6-11,13,15-17,22-40H2,1-5H3/p+1/b14-12-,20-18-,21-19-. The number of rotatable bonds is 38. The van der Waals surface area contributed by atoms with Gasteiger partial charge in [0.1, 0.15) is 19.3 Å². The molecule has 0 aliphatic carbocycles. The third-order valence-corrected chi connectivity index (χ3v) is 9.66. The van der Waals surface area contributed by atoms with E-state index in [0.717, 1.165) is 57.8 Å². The van der Waals surface area contributed by atoms with Gasteiger partial charge in [0.15, 0.2) is 0 Å². The molecule has 0 saturated carbocycles. The van der Waals surface area contributed by atoms with Crippen LogP contribution in [0.25, 0.3) is 0 Å². The van der Waals surface area contributed by atoms with Crippen LogP contribution in [0.3, 0.4) is 0 Å². The van der Waals surface area contributed by atoms with Crippen molar-refractivity contribution in [3.8, 4) is 0 Å². The molecule has 2 unspecified atom stereocenters. The molecule has 8 nitrogen and oxygen atoms in total. The minimum absolute atomic E-state index is 0.0845. The fourth-order valence-corrected chi connectivity index (χ4v) is 6.13. The quantitative estimate of drug-likeness (QED) is 0.0221. The van der Waals surface area contributed by atoms with Crippen molar-refractivity contribution in [2.75, 3.05) is 54.1 Å². The molecule has 0 amide bonds. The van der Waals surface area contributed by atoms with E-state index in [-0.39, 0.29) is 25.8 Å². The fourth-order valence-electron chi connectivity index (χ4n) is 5.39. The molecule has 0 spiro atoms. The number of nitrogens with zero attached hydrogens (tertiary/aromatic N) is 1. The molecular formula is C42H81NO7P+.